The first-order chi connectivity index (χ1) is 14.2. The lowest BCUT2D eigenvalue weighted by molar-refractivity contribution is 0.789. The average Bonchev–Trinajstić information content (AvgIpc) is 3.32. The van der Waals surface area contributed by atoms with Gasteiger partial charge in [0.2, 0.25) is 0 Å². The number of fused-ring (bicyclic) bond motifs is 1. The molecule has 0 amide bonds. The number of hydrogen-bond acceptors (Lipinski definition) is 7. The maximum atomic E-state index is 9.52. The second-order valence-corrected chi connectivity index (χ2v) is 7.72. The predicted molar refractivity (Wildman–Crippen MR) is 116 cm³/mol. The van der Waals surface area contributed by atoms with Crippen LogP contribution in [0.1, 0.15) is 29.5 Å². The van der Waals surface area contributed by atoms with Crippen LogP contribution in [0.3, 0.4) is 0 Å². The van der Waals surface area contributed by atoms with Crippen molar-refractivity contribution in [1.29, 1.82) is 5.26 Å². The first kappa shape index (κ1) is 18.9. The third kappa shape index (κ3) is 3.77. The highest BCUT2D eigenvalue weighted by Crippen LogP contribution is 2.28. The summed E-state index contributed by atoms with van der Waals surface area (Å²) in [6, 6.07) is 14.0. The molecule has 0 bridgehead atoms. The third-order valence-electron chi connectivity index (χ3n) is 4.72. The SMILES string of the molecule is CCc1cc2c(NCCCc3nn(-c4ccccc4)c(N)c3C#N)ncnc2s1. The molecule has 0 saturated carbocycles. The van der Waals surface area contributed by atoms with E-state index in [2.05, 4.69) is 39.4 Å². The van der Waals surface area contributed by atoms with E-state index in [1.54, 1.807) is 22.3 Å². The number of nitriles is 1. The van der Waals surface area contributed by atoms with Gasteiger partial charge in [-0.1, -0.05) is 25.1 Å². The van der Waals surface area contributed by atoms with Gasteiger partial charge in [0.15, 0.2) is 0 Å². The summed E-state index contributed by atoms with van der Waals surface area (Å²) in [5.74, 6) is 1.23. The van der Waals surface area contributed by atoms with Crippen molar-refractivity contribution in [2.24, 2.45) is 0 Å². The van der Waals surface area contributed by atoms with Crippen LogP contribution in [0.5, 0.6) is 0 Å². The van der Waals surface area contributed by atoms with Gasteiger partial charge in [0.1, 0.15) is 34.4 Å². The van der Waals surface area contributed by atoms with E-state index in [0.717, 1.165) is 34.6 Å². The second-order valence-electron chi connectivity index (χ2n) is 6.60. The molecule has 8 heteroatoms. The highest BCUT2D eigenvalue weighted by atomic mass is 32.1. The monoisotopic (exact) mass is 403 g/mol. The van der Waals surface area contributed by atoms with Crippen LogP contribution in [0.15, 0.2) is 42.7 Å². The molecule has 0 saturated heterocycles. The normalized spacial score (nSPS) is 10.9. The van der Waals surface area contributed by atoms with Gasteiger partial charge in [-0.15, -0.1) is 11.3 Å². The van der Waals surface area contributed by atoms with Gasteiger partial charge >= 0.3 is 0 Å². The zero-order valence-corrected chi connectivity index (χ0v) is 16.9. The molecule has 0 aliphatic heterocycles. The van der Waals surface area contributed by atoms with Crippen molar-refractivity contribution >= 4 is 33.2 Å². The molecule has 1 aromatic carbocycles. The van der Waals surface area contributed by atoms with Crippen LogP contribution < -0.4 is 11.1 Å². The summed E-state index contributed by atoms with van der Waals surface area (Å²) in [7, 11) is 0. The summed E-state index contributed by atoms with van der Waals surface area (Å²) >= 11 is 1.70. The number of thiophene rings is 1. The van der Waals surface area contributed by atoms with Crippen LogP contribution in [0.25, 0.3) is 15.9 Å². The molecule has 146 valence electrons. The molecular formula is C21H21N7S. The van der Waals surface area contributed by atoms with Crippen molar-refractivity contribution in [3.05, 3.63) is 58.9 Å². The first-order valence-corrected chi connectivity index (χ1v) is 10.3. The van der Waals surface area contributed by atoms with E-state index < -0.39 is 0 Å². The molecule has 0 atom stereocenters. The molecule has 4 rings (SSSR count). The quantitative estimate of drug-likeness (QED) is 0.453. The fourth-order valence-electron chi connectivity index (χ4n) is 3.22. The Hall–Kier alpha value is -3.44. The molecule has 3 heterocycles. The van der Waals surface area contributed by atoms with E-state index >= 15 is 0 Å². The Bertz CT molecular complexity index is 1170. The van der Waals surface area contributed by atoms with E-state index in [0.29, 0.717) is 30.0 Å². The van der Waals surface area contributed by atoms with Crippen LogP contribution in [0, 0.1) is 11.3 Å². The third-order valence-corrected chi connectivity index (χ3v) is 5.91. The van der Waals surface area contributed by atoms with Crippen LogP contribution in [0.4, 0.5) is 11.6 Å². The number of rotatable bonds is 7. The maximum absolute atomic E-state index is 9.52. The predicted octanol–water partition coefficient (Wildman–Crippen LogP) is 3.94. The number of benzene rings is 1. The van der Waals surface area contributed by atoms with Crippen molar-refractivity contribution < 1.29 is 0 Å². The van der Waals surface area contributed by atoms with Gasteiger partial charge in [0.25, 0.3) is 0 Å². The summed E-state index contributed by atoms with van der Waals surface area (Å²) < 4.78 is 1.63. The topological polar surface area (TPSA) is 105 Å². The van der Waals surface area contributed by atoms with E-state index in [1.165, 1.54) is 4.88 Å². The first-order valence-electron chi connectivity index (χ1n) is 9.51. The lowest BCUT2D eigenvalue weighted by Gasteiger charge is -2.05. The molecule has 7 nitrogen and oxygen atoms in total. The maximum Gasteiger partial charge on any atom is 0.145 e. The van der Waals surface area contributed by atoms with E-state index in [4.69, 9.17) is 5.73 Å². The van der Waals surface area contributed by atoms with Gasteiger partial charge in [-0.3, -0.25) is 0 Å². The zero-order valence-electron chi connectivity index (χ0n) is 16.1. The van der Waals surface area contributed by atoms with Gasteiger partial charge in [-0.05, 0) is 37.5 Å². The molecule has 0 unspecified atom stereocenters. The minimum atomic E-state index is 0.379. The number of para-hydroxylation sites is 1. The number of hydrogen-bond donors (Lipinski definition) is 2. The summed E-state index contributed by atoms with van der Waals surface area (Å²) in [6.45, 7) is 2.85. The summed E-state index contributed by atoms with van der Waals surface area (Å²) in [4.78, 5) is 11.0. The Morgan fingerprint density at radius 2 is 2.07 bits per heavy atom. The minimum absolute atomic E-state index is 0.379. The van der Waals surface area contributed by atoms with Crippen LogP contribution in [-0.2, 0) is 12.8 Å². The largest absolute Gasteiger partial charge is 0.382 e. The molecule has 0 aliphatic rings. The Balaban J connectivity index is 1.45. The van der Waals surface area contributed by atoms with Crippen molar-refractivity contribution in [3.63, 3.8) is 0 Å². The van der Waals surface area contributed by atoms with Crippen LogP contribution in [-0.4, -0.2) is 26.3 Å². The Kier molecular flexibility index (Phi) is 5.40. The summed E-state index contributed by atoms with van der Waals surface area (Å²) in [5.41, 5.74) is 8.17. The number of anilines is 2. The van der Waals surface area contributed by atoms with Gasteiger partial charge in [-0.2, -0.15) is 10.4 Å². The van der Waals surface area contributed by atoms with E-state index in [9.17, 15) is 5.26 Å². The Morgan fingerprint density at radius 1 is 1.24 bits per heavy atom. The van der Waals surface area contributed by atoms with Crippen LogP contribution in [0.2, 0.25) is 0 Å². The Morgan fingerprint density at radius 3 is 2.83 bits per heavy atom. The number of aromatic nitrogens is 4. The lowest BCUT2D eigenvalue weighted by Crippen LogP contribution is -2.06. The second kappa shape index (κ2) is 8.29. The molecule has 4 aromatic rings. The number of nitrogen functional groups attached to an aromatic ring is 1. The standard InChI is InChI=1S/C21H21N7S/c1-2-15-11-16-20(25-13-26-21(16)29-15)24-10-6-9-18-17(12-22)19(23)28(27-18)14-7-4-3-5-8-14/h3-5,7-8,11,13H,2,6,9-10,23H2,1H3,(H,24,25,26). The molecule has 3 N–H and O–H groups in total. The van der Waals surface area contributed by atoms with Crippen molar-refractivity contribution in [3.8, 4) is 11.8 Å². The molecule has 0 radical (unpaired) electrons. The van der Waals surface area contributed by atoms with E-state index in [1.807, 2.05) is 30.3 Å². The number of nitrogens with two attached hydrogens (primary N) is 1. The lowest BCUT2D eigenvalue weighted by atomic mass is 10.1. The highest BCUT2D eigenvalue weighted by Gasteiger charge is 2.16. The molecule has 29 heavy (non-hydrogen) atoms. The molecule has 3 aromatic heterocycles. The highest BCUT2D eigenvalue weighted by molar-refractivity contribution is 7.18. The minimum Gasteiger partial charge on any atom is -0.382 e. The smallest absolute Gasteiger partial charge is 0.145 e. The zero-order chi connectivity index (χ0) is 20.2. The van der Waals surface area contributed by atoms with E-state index in [-0.39, 0.29) is 0 Å². The van der Waals surface area contributed by atoms with Crippen molar-refractivity contribution in [2.45, 2.75) is 26.2 Å². The summed E-state index contributed by atoms with van der Waals surface area (Å²) in [5, 5.41) is 18.6. The molecular weight excluding hydrogens is 382 g/mol. The number of nitrogens with one attached hydrogen (secondary N) is 1. The van der Waals surface area contributed by atoms with Gasteiger partial charge in [-0.25, -0.2) is 14.6 Å². The van der Waals surface area contributed by atoms with Gasteiger partial charge < -0.3 is 11.1 Å². The molecule has 0 aliphatic carbocycles. The number of aryl methyl sites for hydroxylation is 2. The summed E-state index contributed by atoms with van der Waals surface area (Å²) in [6.07, 6.45) is 4.04. The fourth-order valence-corrected chi connectivity index (χ4v) is 4.16. The number of nitrogens with zero attached hydrogens (tertiary/aromatic N) is 5. The average molecular weight is 404 g/mol. The van der Waals surface area contributed by atoms with Crippen molar-refractivity contribution in [1.82, 2.24) is 19.7 Å². The molecule has 0 fully saturated rings. The fraction of sp³-hybridized carbons (Fsp3) is 0.238. The van der Waals surface area contributed by atoms with Gasteiger partial charge in [0.05, 0.1) is 16.8 Å². The van der Waals surface area contributed by atoms with Gasteiger partial charge in [0, 0.05) is 11.4 Å². The van der Waals surface area contributed by atoms with Crippen LogP contribution >= 0.6 is 11.3 Å². The molecule has 0 spiro atoms. The Labute approximate surface area is 172 Å². The van der Waals surface area contributed by atoms with Crippen molar-refractivity contribution in [2.75, 3.05) is 17.6 Å².